The molecule has 4 rings (SSSR count). The first-order chi connectivity index (χ1) is 12.8. The van der Waals surface area contributed by atoms with E-state index < -0.39 is 0 Å². The summed E-state index contributed by atoms with van der Waals surface area (Å²) in [6, 6.07) is -0.0424. The molecule has 0 bridgehead atoms. The maximum Gasteiger partial charge on any atom is 0.211 e. The number of hydrogen-bond donors (Lipinski definition) is 2. The molecule has 0 spiro atoms. The molecule has 9 atom stereocenters. The first-order valence-corrected chi connectivity index (χ1v) is 12.0. The second-order valence-electron chi connectivity index (χ2n) is 11.4. The Morgan fingerprint density at radius 3 is 2.33 bits per heavy atom. The fraction of sp³-hybridized carbons (Fsp3) is 1.00. The zero-order valence-corrected chi connectivity index (χ0v) is 18.2. The maximum absolute atomic E-state index is 9.55. The van der Waals surface area contributed by atoms with Gasteiger partial charge in [-0.05, 0) is 91.3 Å². The summed E-state index contributed by atoms with van der Waals surface area (Å²) in [7, 11) is 0. The molecule has 0 heterocycles. The van der Waals surface area contributed by atoms with Gasteiger partial charge in [0.05, 0.1) is 0 Å². The maximum atomic E-state index is 9.55. The van der Waals surface area contributed by atoms with Crippen LogP contribution in [-0.2, 0) is 0 Å². The van der Waals surface area contributed by atoms with Crippen LogP contribution in [0.15, 0.2) is 0 Å². The summed E-state index contributed by atoms with van der Waals surface area (Å²) in [5, 5.41) is 19.6. The van der Waals surface area contributed by atoms with Crippen molar-refractivity contribution in [2.24, 2.45) is 46.3 Å². The molecule has 4 saturated carbocycles. The van der Waals surface area contributed by atoms with Gasteiger partial charge in [-0.1, -0.05) is 40.5 Å². The highest BCUT2D eigenvalue weighted by molar-refractivity contribution is 5.10. The Labute approximate surface area is 166 Å². The number of rotatable bonds is 4. The summed E-state index contributed by atoms with van der Waals surface area (Å²) in [4.78, 5) is 0. The SMILES string of the molecule is CCC[C@@H](C)[C@H]1CCC2C3CCC4CC([N+](O)O)CC[C@]4(C)C3CC[C@@]21C. The van der Waals surface area contributed by atoms with Crippen molar-refractivity contribution in [3.05, 3.63) is 0 Å². The Bertz CT molecular complexity index is 536. The van der Waals surface area contributed by atoms with E-state index in [9.17, 15) is 10.4 Å². The minimum atomic E-state index is -0.0424. The van der Waals surface area contributed by atoms with Crippen LogP contribution in [0.3, 0.4) is 0 Å². The predicted molar refractivity (Wildman–Crippen MR) is 109 cm³/mol. The van der Waals surface area contributed by atoms with Gasteiger partial charge in [-0.25, -0.2) is 0 Å². The summed E-state index contributed by atoms with van der Waals surface area (Å²) in [6.07, 6.45) is 14.3. The quantitative estimate of drug-likeness (QED) is 0.559. The van der Waals surface area contributed by atoms with Crippen LogP contribution in [-0.4, -0.2) is 16.5 Å². The minimum Gasteiger partial charge on any atom is -0.124 e. The fourth-order valence-electron chi connectivity index (χ4n) is 9.08. The molecule has 0 amide bonds. The molecule has 27 heavy (non-hydrogen) atoms. The van der Waals surface area contributed by atoms with Crippen molar-refractivity contribution in [3.8, 4) is 0 Å². The molecule has 3 heteroatoms. The van der Waals surface area contributed by atoms with Crippen molar-refractivity contribution in [1.29, 1.82) is 0 Å². The predicted octanol–water partition coefficient (Wildman–Crippen LogP) is 6.37. The zero-order valence-electron chi connectivity index (χ0n) is 18.2. The Kier molecular flexibility index (Phi) is 5.44. The zero-order chi connectivity index (χ0) is 19.4. The van der Waals surface area contributed by atoms with Crippen molar-refractivity contribution < 1.29 is 10.4 Å². The van der Waals surface area contributed by atoms with Crippen LogP contribution >= 0.6 is 0 Å². The molecule has 155 valence electrons. The van der Waals surface area contributed by atoms with Crippen molar-refractivity contribution in [2.75, 3.05) is 0 Å². The minimum absolute atomic E-state index is 0.0424. The average molecular weight is 378 g/mol. The van der Waals surface area contributed by atoms with E-state index in [-0.39, 0.29) is 6.04 Å². The van der Waals surface area contributed by atoms with Crippen LogP contribution in [0, 0.1) is 46.3 Å². The highest BCUT2D eigenvalue weighted by Gasteiger charge is 2.61. The molecule has 3 nitrogen and oxygen atoms in total. The molecule has 0 aromatic carbocycles. The Hall–Kier alpha value is -0.120. The van der Waals surface area contributed by atoms with Crippen molar-refractivity contribution in [1.82, 2.24) is 5.23 Å². The molecular weight excluding hydrogens is 334 g/mol. The van der Waals surface area contributed by atoms with Gasteiger partial charge in [-0.3, -0.25) is 0 Å². The highest BCUT2D eigenvalue weighted by atomic mass is 16.8. The molecule has 0 aromatic heterocycles. The lowest BCUT2D eigenvalue weighted by Gasteiger charge is -2.61. The monoisotopic (exact) mass is 377 g/mol. The summed E-state index contributed by atoms with van der Waals surface area (Å²) in [5.41, 5.74) is 1.02. The second-order valence-corrected chi connectivity index (χ2v) is 11.4. The van der Waals surface area contributed by atoms with Crippen molar-refractivity contribution in [2.45, 2.75) is 104 Å². The molecule has 5 unspecified atom stereocenters. The van der Waals surface area contributed by atoms with E-state index in [2.05, 4.69) is 27.7 Å². The third kappa shape index (κ3) is 3.11. The smallest absolute Gasteiger partial charge is 0.124 e. The van der Waals surface area contributed by atoms with Gasteiger partial charge < -0.3 is 0 Å². The van der Waals surface area contributed by atoms with Crippen molar-refractivity contribution >= 4 is 0 Å². The highest BCUT2D eigenvalue weighted by Crippen LogP contribution is 2.68. The van der Waals surface area contributed by atoms with E-state index in [0.717, 1.165) is 42.4 Å². The number of hydrogen-bond acceptors (Lipinski definition) is 3. The number of fused-ring (bicyclic) bond motifs is 5. The van der Waals surface area contributed by atoms with E-state index in [1.54, 1.807) is 0 Å². The van der Waals surface area contributed by atoms with Gasteiger partial charge in [0.25, 0.3) is 0 Å². The first kappa shape index (κ1) is 20.2. The molecule has 0 aliphatic heterocycles. The fourth-order valence-corrected chi connectivity index (χ4v) is 9.08. The normalized spacial score (nSPS) is 50.8. The number of hydroxylamine groups is 2. The summed E-state index contributed by atoms with van der Waals surface area (Å²) < 4.78 is 0. The van der Waals surface area contributed by atoms with Crippen LogP contribution in [0.4, 0.5) is 0 Å². The van der Waals surface area contributed by atoms with E-state index in [1.807, 2.05) is 0 Å². The van der Waals surface area contributed by atoms with E-state index >= 15 is 0 Å². The Morgan fingerprint density at radius 1 is 0.926 bits per heavy atom. The molecule has 4 aliphatic rings. The van der Waals surface area contributed by atoms with Gasteiger partial charge in [0, 0.05) is 12.8 Å². The van der Waals surface area contributed by atoms with Gasteiger partial charge in [0.15, 0.2) is 5.23 Å². The van der Waals surface area contributed by atoms with E-state index in [4.69, 9.17) is 0 Å². The molecule has 0 saturated heterocycles. The molecule has 2 N–H and O–H groups in total. The lowest BCUT2D eigenvalue weighted by molar-refractivity contribution is -0.247. The molecule has 0 aromatic rings. The van der Waals surface area contributed by atoms with Crippen LogP contribution in [0.25, 0.3) is 0 Å². The molecule has 4 fully saturated rings. The number of nitrogens with zero attached hydrogens (tertiary/aromatic N) is 1. The van der Waals surface area contributed by atoms with Crippen LogP contribution in [0.5, 0.6) is 0 Å². The van der Waals surface area contributed by atoms with Gasteiger partial charge in [0.2, 0.25) is 6.04 Å². The molecular formula is C24H43NO2+. The van der Waals surface area contributed by atoms with Crippen molar-refractivity contribution in [3.63, 3.8) is 0 Å². The summed E-state index contributed by atoms with van der Waals surface area (Å²) in [6.45, 7) is 10.1. The summed E-state index contributed by atoms with van der Waals surface area (Å²) >= 11 is 0. The standard InChI is InChI=1S/C24H43NO2/c1-5-6-16(2)20-9-10-21-19-8-7-17-15-18(25(26)27)11-13-23(17,3)22(19)12-14-24(20,21)4/h16-22,26-27H,5-15H2,1-4H3/q+1/t16-,17?,18?,19?,20-,21?,22?,23+,24-/m1/s1. The lowest BCUT2D eigenvalue weighted by Crippen LogP contribution is -2.55. The summed E-state index contributed by atoms with van der Waals surface area (Å²) in [5.74, 6) is 5.27. The van der Waals surface area contributed by atoms with E-state index in [1.165, 1.54) is 57.8 Å². The third-order valence-corrected chi connectivity index (χ3v) is 10.5. The van der Waals surface area contributed by atoms with Crippen LogP contribution in [0.1, 0.15) is 98.3 Å². The van der Waals surface area contributed by atoms with E-state index in [0.29, 0.717) is 22.0 Å². The second kappa shape index (κ2) is 7.29. The Balaban J connectivity index is 1.53. The first-order valence-electron chi connectivity index (χ1n) is 12.0. The lowest BCUT2D eigenvalue weighted by atomic mass is 9.44. The van der Waals surface area contributed by atoms with Gasteiger partial charge in [-0.15, -0.1) is 10.4 Å². The molecule has 1 radical (unpaired) electrons. The third-order valence-electron chi connectivity index (χ3n) is 10.5. The molecule has 4 aliphatic carbocycles. The van der Waals surface area contributed by atoms with Crippen LogP contribution < -0.4 is 5.23 Å². The largest absolute Gasteiger partial charge is 0.211 e. The van der Waals surface area contributed by atoms with Gasteiger partial charge in [-0.2, -0.15) is 0 Å². The van der Waals surface area contributed by atoms with Gasteiger partial charge in [0.1, 0.15) is 0 Å². The Morgan fingerprint density at radius 2 is 1.63 bits per heavy atom. The van der Waals surface area contributed by atoms with Crippen LogP contribution in [0.2, 0.25) is 0 Å². The topological polar surface area (TPSA) is 46.4 Å². The van der Waals surface area contributed by atoms with Gasteiger partial charge >= 0.3 is 0 Å². The average Bonchev–Trinajstić information content (AvgIpc) is 2.98.